The Hall–Kier alpha value is -0.590. The third kappa shape index (κ3) is 1.78. The molecule has 1 fully saturated rings. The average Bonchev–Trinajstić information content (AvgIpc) is 2.28. The maximum Gasteiger partial charge on any atom is 0.120 e. The Morgan fingerprint density at radius 3 is 2.76 bits per heavy atom. The summed E-state index contributed by atoms with van der Waals surface area (Å²) in [6.45, 7) is 9.40. The van der Waals surface area contributed by atoms with Gasteiger partial charge in [-0.2, -0.15) is 0 Å². The standard InChI is InChI=1S/C16H26O/c1-12-11-13-7-5-6-8-14(13)16(4,9-10-17)15(12,2)3/h8,10,12-13H,5-7,9,11H2,1-4H3. The highest BCUT2D eigenvalue weighted by atomic mass is 16.1. The first-order valence-electron chi connectivity index (χ1n) is 7.07. The van der Waals surface area contributed by atoms with Gasteiger partial charge in [-0.1, -0.05) is 39.3 Å². The van der Waals surface area contributed by atoms with E-state index in [1.54, 1.807) is 5.57 Å². The van der Waals surface area contributed by atoms with Crippen molar-refractivity contribution in [3.8, 4) is 0 Å². The smallest absolute Gasteiger partial charge is 0.120 e. The lowest BCUT2D eigenvalue weighted by Gasteiger charge is -2.56. The van der Waals surface area contributed by atoms with Gasteiger partial charge in [0.2, 0.25) is 0 Å². The van der Waals surface area contributed by atoms with Gasteiger partial charge < -0.3 is 4.79 Å². The summed E-state index contributed by atoms with van der Waals surface area (Å²) in [7, 11) is 0. The van der Waals surface area contributed by atoms with Gasteiger partial charge in [-0.15, -0.1) is 0 Å². The van der Waals surface area contributed by atoms with Crippen molar-refractivity contribution in [1.82, 2.24) is 0 Å². The largest absolute Gasteiger partial charge is 0.303 e. The van der Waals surface area contributed by atoms with E-state index in [2.05, 4.69) is 33.8 Å². The van der Waals surface area contributed by atoms with Crippen LogP contribution in [0.3, 0.4) is 0 Å². The van der Waals surface area contributed by atoms with Crippen molar-refractivity contribution in [1.29, 1.82) is 0 Å². The van der Waals surface area contributed by atoms with Crippen LogP contribution in [-0.4, -0.2) is 6.29 Å². The van der Waals surface area contributed by atoms with Crippen LogP contribution in [-0.2, 0) is 4.79 Å². The topological polar surface area (TPSA) is 17.1 Å². The Labute approximate surface area is 106 Å². The number of allylic oxidation sites excluding steroid dienone is 2. The van der Waals surface area contributed by atoms with Crippen LogP contribution in [0.5, 0.6) is 0 Å². The molecule has 1 nitrogen and oxygen atoms in total. The zero-order valence-electron chi connectivity index (χ0n) is 11.8. The molecule has 1 heteroatoms. The molecule has 0 bridgehead atoms. The number of fused-ring (bicyclic) bond motifs is 1. The second kappa shape index (κ2) is 4.26. The van der Waals surface area contributed by atoms with Crippen molar-refractivity contribution in [3.63, 3.8) is 0 Å². The molecule has 3 unspecified atom stereocenters. The summed E-state index contributed by atoms with van der Waals surface area (Å²) >= 11 is 0. The Kier molecular flexibility index (Phi) is 3.22. The van der Waals surface area contributed by atoms with Crippen molar-refractivity contribution in [3.05, 3.63) is 11.6 Å². The number of carbonyl (C=O) groups is 1. The van der Waals surface area contributed by atoms with Gasteiger partial charge in [0, 0.05) is 11.8 Å². The van der Waals surface area contributed by atoms with E-state index in [4.69, 9.17) is 0 Å². The van der Waals surface area contributed by atoms with Gasteiger partial charge >= 0.3 is 0 Å². The molecule has 1 saturated carbocycles. The quantitative estimate of drug-likeness (QED) is 0.512. The molecule has 17 heavy (non-hydrogen) atoms. The average molecular weight is 234 g/mol. The van der Waals surface area contributed by atoms with E-state index in [0.29, 0.717) is 12.3 Å². The summed E-state index contributed by atoms with van der Waals surface area (Å²) in [5.74, 6) is 1.45. The fourth-order valence-corrected chi connectivity index (χ4v) is 4.05. The minimum absolute atomic E-state index is 0.0809. The van der Waals surface area contributed by atoms with Crippen LogP contribution in [0.15, 0.2) is 11.6 Å². The second-order valence-electron chi connectivity index (χ2n) is 6.85. The Morgan fingerprint density at radius 1 is 1.41 bits per heavy atom. The van der Waals surface area contributed by atoms with Gasteiger partial charge in [0.25, 0.3) is 0 Å². The molecule has 2 aliphatic rings. The summed E-state index contributed by atoms with van der Waals surface area (Å²) in [5.41, 5.74) is 1.91. The molecular formula is C16H26O. The van der Waals surface area contributed by atoms with Crippen molar-refractivity contribution in [2.75, 3.05) is 0 Å². The monoisotopic (exact) mass is 234 g/mol. The van der Waals surface area contributed by atoms with E-state index in [1.165, 1.54) is 25.7 Å². The van der Waals surface area contributed by atoms with E-state index in [1.807, 2.05) is 0 Å². The zero-order chi connectivity index (χ0) is 12.7. The molecule has 3 atom stereocenters. The third-order valence-electron chi connectivity index (χ3n) is 5.98. The first kappa shape index (κ1) is 12.9. The lowest BCUT2D eigenvalue weighted by Crippen LogP contribution is -2.49. The Balaban J connectivity index is 2.45. The molecule has 0 amide bonds. The molecule has 0 spiro atoms. The highest BCUT2D eigenvalue weighted by molar-refractivity contribution is 5.53. The molecule has 0 aromatic heterocycles. The van der Waals surface area contributed by atoms with E-state index in [9.17, 15) is 4.79 Å². The lowest BCUT2D eigenvalue weighted by atomic mass is 9.48. The summed E-state index contributed by atoms with van der Waals surface area (Å²) in [6.07, 6.45) is 9.46. The number of hydrogen-bond donors (Lipinski definition) is 0. The molecule has 0 radical (unpaired) electrons. The predicted molar refractivity (Wildman–Crippen MR) is 71.8 cm³/mol. The molecule has 0 heterocycles. The fraction of sp³-hybridized carbons (Fsp3) is 0.812. The van der Waals surface area contributed by atoms with Crippen molar-refractivity contribution < 1.29 is 4.79 Å². The SMILES string of the molecule is CC1CC2CCCC=C2C(C)(CC=O)C1(C)C. The highest BCUT2D eigenvalue weighted by Crippen LogP contribution is 2.60. The second-order valence-corrected chi connectivity index (χ2v) is 6.85. The zero-order valence-corrected chi connectivity index (χ0v) is 11.8. The Bertz CT molecular complexity index is 339. The molecule has 0 aromatic carbocycles. The van der Waals surface area contributed by atoms with Crippen LogP contribution in [0.25, 0.3) is 0 Å². The van der Waals surface area contributed by atoms with Crippen LogP contribution in [0.4, 0.5) is 0 Å². The molecule has 2 rings (SSSR count). The van der Waals surface area contributed by atoms with Gasteiger partial charge in [0.1, 0.15) is 6.29 Å². The van der Waals surface area contributed by atoms with Crippen LogP contribution in [0, 0.1) is 22.7 Å². The molecule has 0 saturated heterocycles. The highest BCUT2D eigenvalue weighted by Gasteiger charge is 2.52. The molecule has 96 valence electrons. The maximum absolute atomic E-state index is 11.1. The van der Waals surface area contributed by atoms with Gasteiger partial charge in [-0.25, -0.2) is 0 Å². The summed E-state index contributed by atoms with van der Waals surface area (Å²) in [4.78, 5) is 11.1. The number of carbonyl (C=O) groups excluding carboxylic acids is 1. The van der Waals surface area contributed by atoms with Crippen LogP contribution in [0.2, 0.25) is 0 Å². The summed E-state index contributed by atoms with van der Waals surface area (Å²) in [6, 6.07) is 0. The maximum atomic E-state index is 11.1. The fourth-order valence-electron chi connectivity index (χ4n) is 4.05. The van der Waals surface area contributed by atoms with Crippen LogP contribution < -0.4 is 0 Å². The number of rotatable bonds is 2. The summed E-state index contributed by atoms with van der Waals surface area (Å²) < 4.78 is 0. The third-order valence-corrected chi connectivity index (χ3v) is 5.98. The number of hydrogen-bond acceptors (Lipinski definition) is 1. The molecular weight excluding hydrogens is 208 g/mol. The summed E-state index contributed by atoms with van der Waals surface area (Å²) in [5, 5.41) is 0. The van der Waals surface area contributed by atoms with Gasteiger partial charge in [-0.3, -0.25) is 0 Å². The van der Waals surface area contributed by atoms with Crippen molar-refractivity contribution in [2.45, 2.75) is 59.8 Å². The van der Waals surface area contributed by atoms with Crippen molar-refractivity contribution >= 4 is 6.29 Å². The number of aldehydes is 1. The van der Waals surface area contributed by atoms with Gasteiger partial charge in [-0.05, 0) is 42.9 Å². The Morgan fingerprint density at radius 2 is 2.12 bits per heavy atom. The molecule has 0 aliphatic heterocycles. The van der Waals surface area contributed by atoms with E-state index in [0.717, 1.165) is 12.2 Å². The first-order chi connectivity index (χ1) is 7.93. The first-order valence-corrected chi connectivity index (χ1v) is 7.07. The van der Waals surface area contributed by atoms with Crippen LogP contribution >= 0.6 is 0 Å². The minimum Gasteiger partial charge on any atom is -0.303 e. The van der Waals surface area contributed by atoms with Gasteiger partial charge in [0.15, 0.2) is 0 Å². The van der Waals surface area contributed by atoms with E-state index in [-0.39, 0.29) is 10.8 Å². The predicted octanol–water partition coefficient (Wildman–Crippen LogP) is 4.37. The van der Waals surface area contributed by atoms with Crippen molar-refractivity contribution in [2.24, 2.45) is 22.7 Å². The molecule has 2 aliphatic carbocycles. The lowest BCUT2D eigenvalue weighted by molar-refractivity contribution is -0.112. The minimum atomic E-state index is 0.0809. The van der Waals surface area contributed by atoms with E-state index >= 15 is 0 Å². The normalized spacial score (nSPS) is 40.4. The molecule has 0 N–H and O–H groups in total. The van der Waals surface area contributed by atoms with E-state index < -0.39 is 0 Å². The molecule has 0 aromatic rings. The van der Waals surface area contributed by atoms with Crippen LogP contribution in [0.1, 0.15) is 59.8 Å². The van der Waals surface area contributed by atoms with Gasteiger partial charge in [0.05, 0.1) is 0 Å².